The second-order valence-corrected chi connectivity index (χ2v) is 5.90. The molecule has 0 aliphatic heterocycles. The monoisotopic (exact) mass is 366 g/mol. The minimum absolute atomic E-state index is 0.159. The van der Waals surface area contributed by atoms with Crippen LogP contribution in [-0.4, -0.2) is 24.0 Å². The average Bonchev–Trinajstić information content (AvgIpc) is 3.23. The molecule has 0 atom stereocenters. The molecule has 0 radical (unpaired) electrons. The first-order valence-corrected chi connectivity index (χ1v) is 8.82. The van der Waals surface area contributed by atoms with E-state index in [1.807, 2.05) is 42.5 Å². The van der Waals surface area contributed by atoms with Crippen molar-refractivity contribution in [3.63, 3.8) is 0 Å². The van der Waals surface area contributed by atoms with Crippen molar-refractivity contribution in [1.82, 2.24) is 10.3 Å². The van der Waals surface area contributed by atoms with Crippen LogP contribution in [0.3, 0.4) is 0 Å². The second-order valence-electron chi connectivity index (χ2n) is 5.90. The van der Waals surface area contributed by atoms with Gasteiger partial charge in [0.1, 0.15) is 19.0 Å². The topological polar surface area (TPSA) is 73.6 Å². The molecule has 6 heteroatoms. The minimum Gasteiger partial charge on any atom is -0.473 e. The van der Waals surface area contributed by atoms with E-state index in [2.05, 4.69) is 10.3 Å². The molecule has 0 bridgehead atoms. The van der Waals surface area contributed by atoms with Gasteiger partial charge in [0.15, 0.2) is 0 Å². The fourth-order valence-electron chi connectivity index (χ4n) is 2.41. The highest BCUT2D eigenvalue weighted by Gasteiger charge is 2.07. The molecule has 6 nitrogen and oxygen atoms in total. The molecule has 0 aliphatic carbocycles. The zero-order valence-electron chi connectivity index (χ0n) is 15.0. The number of nitrogens with one attached hydrogen (secondary N) is 1. The number of ether oxygens (including phenoxy) is 2. The Morgan fingerprint density at radius 3 is 2.78 bits per heavy atom. The van der Waals surface area contributed by atoms with Gasteiger partial charge in [0.25, 0.3) is 5.91 Å². The molecule has 0 saturated carbocycles. The first kappa shape index (κ1) is 18.7. The lowest BCUT2D eigenvalue weighted by Crippen LogP contribution is -2.25. The number of carbonyl (C=O) groups is 1. The molecule has 3 aromatic rings. The largest absolute Gasteiger partial charge is 0.473 e. The molecule has 0 fully saturated rings. The number of carbonyl (C=O) groups excluding carboxylic acids is 1. The molecule has 0 saturated heterocycles. The van der Waals surface area contributed by atoms with Gasteiger partial charge in [-0.3, -0.25) is 4.79 Å². The molecular formula is C21H22N2O4. The molecule has 0 spiro atoms. The van der Waals surface area contributed by atoms with Crippen molar-refractivity contribution in [1.29, 1.82) is 0 Å². The van der Waals surface area contributed by atoms with E-state index in [9.17, 15) is 4.79 Å². The normalized spacial score (nSPS) is 10.5. The minimum atomic E-state index is -0.159. The number of hydrogen-bond acceptors (Lipinski definition) is 5. The Kier molecular flexibility index (Phi) is 7.00. The third kappa shape index (κ3) is 6.27. The maximum Gasteiger partial charge on any atom is 0.251 e. The Morgan fingerprint density at radius 2 is 1.96 bits per heavy atom. The van der Waals surface area contributed by atoms with Crippen molar-refractivity contribution in [3.05, 3.63) is 83.9 Å². The number of pyridine rings is 1. The zero-order chi connectivity index (χ0) is 18.7. The van der Waals surface area contributed by atoms with Gasteiger partial charge in [0.2, 0.25) is 5.88 Å². The predicted molar refractivity (Wildman–Crippen MR) is 100 cm³/mol. The van der Waals surface area contributed by atoms with Gasteiger partial charge < -0.3 is 19.2 Å². The quantitative estimate of drug-likeness (QED) is 0.555. The summed E-state index contributed by atoms with van der Waals surface area (Å²) in [6.07, 6.45) is 3.90. The van der Waals surface area contributed by atoms with E-state index in [-0.39, 0.29) is 5.91 Å². The SMILES string of the molecule is O=C(NCCCOCc1ccco1)c1ccnc(OCc2ccccc2)c1. The summed E-state index contributed by atoms with van der Waals surface area (Å²) in [5.74, 6) is 1.06. The zero-order valence-corrected chi connectivity index (χ0v) is 15.0. The van der Waals surface area contributed by atoms with Gasteiger partial charge in [-0.25, -0.2) is 4.98 Å². The Morgan fingerprint density at radius 1 is 1.07 bits per heavy atom. The van der Waals surface area contributed by atoms with Gasteiger partial charge in [-0.1, -0.05) is 30.3 Å². The summed E-state index contributed by atoms with van der Waals surface area (Å²) in [5, 5.41) is 2.87. The Balaban J connectivity index is 1.37. The number of rotatable bonds is 10. The molecule has 0 aliphatic rings. The Labute approximate surface area is 158 Å². The first-order chi connectivity index (χ1) is 13.3. The van der Waals surface area contributed by atoms with Crippen LogP contribution >= 0.6 is 0 Å². The summed E-state index contributed by atoms with van der Waals surface area (Å²) in [4.78, 5) is 16.4. The summed E-state index contributed by atoms with van der Waals surface area (Å²) in [7, 11) is 0. The van der Waals surface area contributed by atoms with E-state index >= 15 is 0 Å². The van der Waals surface area contributed by atoms with E-state index < -0.39 is 0 Å². The van der Waals surface area contributed by atoms with Crippen LogP contribution in [0.4, 0.5) is 0 Å². The second kappa shape index (κ2) is 10.1. The van der Waals surface area contributed by atoms with Crippen molar-refractivity contribution < 1.29 is 18.7 Å². The van der Waals surface area contributed by atoms with Gasteiger partial charge in [0.05, 0.1) is 6.26 Å². The first-order valence-electron chi connectivity index (χ1n) is 8.82. The third-order valence-electron chi connectivity index (χ3n) is 3.80. The number of hydrogen-bond donors (Lipinski definition) is 1. The van der Waals surface area contributed by atoms with Crippen molar-refractivity contribution in [2.45, 2.75) is 19.6 Å². The lowest BCUT2D eigenvalue weighted by Gasteiger charge is -2.08. The molecule has 140 valence electrons. The van der Waals surface area contributed by atoms with Crippen LogP contribution in [0.25, 0.3) is 0 Å². The maximum absolute atomic E-state index is 12.2. The number of amides is 1. The molecule has 1 aromatic carbocycles. The van der Waals surface area contributed by atoms with Gasteiger partial charge in [-0.15, -0.1) is 0 Å². The van der Waals surface area contributed by atoms with Crippen LogP contribution in [0.5, 0.6) is 5.88 Å². The van der Waals surface area contributed by atoms with Crippen molar-refractivity contribution in [2.24, 2.45) is 0 Å². The predicted octanol–water partition coefficient (Wildman–Crippen LogP) is 3.59. The van der Waals surface area contributed by atoms with E-state index in [1.165, 1.54) is 0 Å². The van der Waals surface area contributed by atoms with Crippen molar-refractivity contribution in [2.75, 3.05) is 13.2 Å². The van der Waals surface area contributed by atoms with E-state index in [1.54, 1.807) is 24.6 Å². The summed E-state index contributed by atoms with van der Waals surface area (Å²) in [5.41, 5.74) is 1.56. The summed E-state index contributed by atoms with van der Waals surface area (Å²) in [6.45, 7) is 1.92. The highest BCUT2D eigenvalue weighted by Crippen LogP contribution is 2.12. The fraction of sp³-hybridized carbons (Fsp3) is 0.238. The van der Waals surface area contributed by atoms with Crippen molar-refractivity contribution in [3.8, 4) is 5.88 Å². The average molecular weight is 366 g/mol. The van der Waals surface area contributed by atoms with Crippen LogP contribution < -0.4 is 10.1 Å². The Hall–Kier alpha value is -3.12. The molecule has 2 aromatic heterocycles. The standard InChI is InChI=1S/C21H22N2O4/c24-21(23-10-5-12-25-16-19-8-4-13-26-19)18-9-11-22-20(14-18)27-15-17-6-2-1-3-7-17/h1-4,6-9,11,13-14H,5,10,12,15-16H2,(H,23,24). The molecule has 1 amide bonds. The van der Waals surface area contributed by atoms with Gasteiger partial charge in [0, 0.05) is 31.0 Å². The van der Waals surface area contributed by atoms with Crippen LogP contribution in [0, 0.1) is 0 Å². The lowest BCUT2D eigenvalue weighted by atomic mass is 10.2. The smallest absolute Gasteiger partial charge is 0.251 e. The summed E-state index contributed by atoms with van der Waals surface area (Å²) < 4.78 is 16.3. The van der Waals surface area contributed by atoms with Crippen molar-refractivity contribution >= 4 is 5.91 Å². The number of benzene rings is 1. The number of aromatic nitrogens is 1. The molecule has 3 rings (SSSR count). The van der Waals surface area contributed by atoms with E-state index in [0.717, 1.165) is 17.7 Å². The van der Waals surface area contributed by atoms with Crippen LogP contribution in [0.2, 0.25) is 0 Å². The molecular weight excluding hydrogens is 344 g/mol. The van der Waals surface area contributed by atoms with Crippen LogP contribution in [0.1, 0.15) is 28.1 Å². The number of nitrogens with zero attached hydrogens (tertiary/aromatic N) is 1. The fourth-order valence-corrected chi connectivity index (χ4v) is 2.41. The molecule has 1 N–H and O–H groups in total. The van der Waals surface area contributed by atoms with E-state index in [0.29, 0.717) is 37.8 Å². The molecule has 0 unspecified atom stereocenters. The molecule has 2 heterocycles. The number of furan rings is 1. The molecule has 27 heavy (non-hydrogen) atoms. The Bertz CT molecular complexity index is 819. The lowest BCUT2D eigenvalue weighted by molar-refractivity contribution is 0.0916. The highest BCUT2D eigenvalue weighted by molar-refractivity contribution is 5.94. The van der Waals surface area contributed by atoms with Gasteiger partial charge >= 0.3 is 0 Å². The van der Waals surface area contributed by atoms with Gasteiger partial charge in [-0.2, -0.15) is 0 Å². The summed E-state index contributed by atoms with van der Waals surface area (Å²) >= 11 is 0. The third-order valence-corrected chi connectivity index (χ3v) is 3.80. The van der Waals surface area contributed by atoms with Crippen LogP contribution in [-0.2, 0) is 18.0 Å². The summed E-state index contributed by atoms with van der Waals surface area (Å²) in [6, 6.07) is 16.8. The van der Waals surface area contributed by atoms with Gasteiger partial charge in [-0.05, 0) is 30.2 Å². The highest BCUT2D eigenvalue weighted by atomic mass is 16.5. The van der Waals surface area contributed by atoms with Crippen LogP contribution in [0.15, 0.2) is 71.5 Å². The maximum atomic E-state index is 12.2. The van der Waals surface area contributed by atoms with E-state index in [4.69, 9.17) is 13.9 Å².